The first-order chi connectivity index (χ1) is 7.66. The molecule has 1 saturated carbocycles. The molecule has 1 aromatic rings. The van der Waals surface area contributed by atoms with E-state index in [-0.39, 0.29) is 17.6 Å². The zero-order valence-corrected chi connectivity index (χ0v) is 8.73. The molecule has 1 heterocycles. The molecule has 1 aliphatic rings. The molecular formula is C11H13NO4. The molecule has 1 amide bonds. The van der Waals surface area contributed by atoms with E-state index in [4.69, 9.17) is 9.52 Å². The molecule has 1 aliphatic carbocycles. The zero-order chi connectivity index (χ0) is 11.5. The van der Waals surface area contributed by atoms with Crippen LogP contribution in [0, 0.1) is 5.92 Å². The lowest BCUT2D eigenvalue weighted by Gasteiger charge is -2.23. The van der Waals surface area contributed by atoms with Crippen LogP contribution < -0.4 is 5.32 Å². The van der Waals surface area contributed by atoms with Crippen LogP contribution in [0.4, 0.5) is 0 Å². The molecule has 5 heteroatoms. The highest BCUT2D eigenvalue weighted by Gasteiger charge is 2.24. The average molecular weight is 223 g/mol. The number of hydrogen-bond donors (Lipinski definition) is 2. The van der Waals surface area contributed by atoms with Crippen LogP contribution >= 0.6 is 0 Å². The van der Waals surface area contributed by atoms with Gasteiger partial charge in [-0.15, -0.1) is 0 Å². The van der Waals surface area contributed by atoms with Gasteiger partial charge < -0.3 is 14.8 Å². The van der Waals surface area contributed by atoms with Crippen molar-refractivity contribution in [1.82, 2.24) is 5.32 Å². The lowest BCUT2D eigenvalue weighted by Crippen LogP contribution is -2.33. The summed E-state index contributed by atoms with van der Waals surface area (Å²) in [7, 11) is 0. The lowest BCUT2D eigenvalue weighted by molar-refractivity contribution is -0.127. The number of carboxylic acids is 1. The lowest BCUT2D eigenvalue weighted by atomic mass is 9.85. The van der Waals surface area contributed by atoms with Crippen molar-refractivity contribution in [3.8, 4) is 0 Å². The normalized spacial score (nSPS) is 15.5. The van der Waals surface area contributed by atoms with Crippen molar-refractivity contribution in [3.63, 3.8) is 0 Å². The van der Waals surface area contributed by atoms with E-state index in [1.54, 1.807) is 0 Å². The molecule has 0 radical (unpaired) electrons. The van der Waals surface area contributed by atoms with Gasteiger partial charge in [-0.3, -0.25) is 4.79 Å². The number of carbonyl (C=O) groups is 2. The van der Waals surface area contributed by atoms with Gasteiger partial charge in [0.25, 0.3) is 0 Å². The summed E-state index contributed by atoms with van der Waals surface area (Å²) in [6.45, 7) is 0.326. The number of carboxylic acid groups (broad SMARTS) is 1. The minimum Gasteiger partial charge on any atom is -0.475 e. The monoisotopic (exact) mass is 223 g/mol. The molecule has 2 rings (SSSR count). The number of nitrogens with one attached hydrogen (secondary N) is 1. The molecule has 0 saturated heterocycles. The Morgan fingerprint density at radius 2 is 2.25 bits per heavy atom. The van der Waals surface area contributed by atoms with Gasteiger partial charge in [0, 0.05) is 18.0 Å². The smallest absolute Gasteiger partial charge is 0.371 e. The summed E-state index contributed by atoms with van der Waals surface area (Å²) in [5.74, 6) is -1.01. The van der Waals surface area contributed by atoms with Crippen LogP contribution in [0.2, 0.25) is 0 Å². The Labute approximate surface area is 92.4 Å². The molecule has 16 heavy (non-hydrogen) atoms. The Morgan fingerprint density at radius 1 is 1.50 bits per heavy atom. The minimum atomic E-state index is -1.10. The largest absolute Gasteiger partial charge is 0.475 e. The first kappa shape index (κ1) is 10.7. The minimum absolute atomic E-state index is 0.0457. The van der Waals surface area contributed by atoms with Crippen molar-refractivity contribution in [2.24, 2.45) is 5.92 Å². The molecule has 1 aromatic heterocycles. The molecule has 1 fully saturated rings. The van der Waals surface area contributed by atoms with E-state index >= 15 is 0 Å². The number of aromatic carboxylic acids is 1. The molecule has 0 aromatic carbocycles. The molecular weight excluding hydrogens is 210 g/mol. The quantitative estimate of drug-likeness (QED) is 0.808. The Bertz CT molecular complexity index is 406. The number of amides is 1. The summed E-state index contributed by atoms with van der Waals surface area (Å²) < 4.78 is 4.81. The van der Waals surface area contributed by atoms with E-state index < -0.39 is 5.97 Å². The van der Waals surface area contributed by atoms with Gasteiger partial charge in [-0.1, -0.05) is 6.42 Å². The van der Waals surface area contributed by atoms with E-state index in [0.717, 1.165) is 19.3 Å². The zero-order valence-electron chi connectivity index (χ0n) is 8.73. The SMILES string of the molecule is O=C(O)c1cc(CNC(=O)C2CCC2)co1. The molecule has 5 nitrogen and oxygen atoms in total. The number of rotatable bonds is 4. The van der Waals surface area contributed by atoms with E-state index in [0.29, 0.717) is 12.1 Å². The third-order valence-electron chi connectivity index (χ3n) is 2.81. The second kappa shape index (κ2) is 4.38. The van der Waals surface area contributed by atoms with Crippen LogP contribution in [-0.2, 0) is 11.3 Å². The summed E-state index contributed by atoms with van der Waals surface area (Å²) in [5.41, 5.74) is 0.671. The van der Waals surface area contributed by atoms with Gasteiger partial charge in [-0.2, -0.15) is 0 Å². The molecule has 0 bridgehead atoms. The summed E-state index contributed by atoms with van der Waals surface area (Å²) in [5, 5.41) is 11.4. The fraction of sp³-hybridized carbons (Fsp3) is 0.455. The number of furan rings is 1. The Hall–Kier alpha value is -1.78. The maximum atomic E-state index is 11.5. The third-order valence-corrected chi connectivity index (χ3v) is 2.81. The van der Waals surface area contributed by atoms with Gasteiger partial charge in [0.1, 0.15) is 0 Å². The predicted molar refractivity (Wildman–Crippen MR) is 54.9 cm³/mol. The molecule has 0 unspecified atom stereocenters. The second-order valence-electron chi connectivity index (χ2n) is 3.97. The summed E-state index contributed by atoms with van der Waals surface area (Å²) in [4.78, 5) is 22.0. The maximum Gasteiger partial charge on any atom is 0.371 e. The molecule has 0 aliphatic heterocycles. The van der Waals surface area contributed by atoms with Gasteiger partial charge >= 0.3 is 5.97 Å². The van der Waals surface area contributed by atoms with Crippen molar-refractivity contribution in [2.45, 2.75) is 25.8 Å². The van der Waals surface area contributed by atoms with E-state index in [2.05, 4.69) is 5.32 Å². The average Bonchev–Trinajstić information content (AvgIpc) is 2.60. The van der Waals surface area contributed by atoms with Crippen molar-refractivity contribution in [2.75, 3.05) is 0 Å². The second-order valence-corrected chi connectivity index (χ2v) is 3.97. The number of carbonyl (C=O) groups excluding carboxylic acids is 1. The fourth-order valence-corrected chi connectivity index (χ4v) is 1.58. The Kier molecular flexibility index (Phi) is 2.94. The van der Waals surface area contributed by atoms with Crippen LogP contribution in [0.1, 0.15) is 35.4 Å². The standard InChI is InChI=1S/C11H13NO4/c13-10(8-2-1-3-8)12-5-7-4-9(11(14)15)16-6-7/h4,6,8H,1-3,5H2,(H,12,13)(H,14,15). The first-order valence-electron chi connectivity index (χ1n) is 5.25. The highest BCUT2D eigenvalue weighted by atomic mass is 16.4. The van der Waals surface area contributed by atoms with Crippen LogP contribution in [0.15, 0.2) is 16.7 Å². The van der Waals surface area contributed by atoms with Crippen LogP contribution in [0.5, 0.6) is 0 Å². The molecule has 0 spiro atoms. The van der Waals surface area contributed by atoms with Gasteiger partial charge in [-0.05, 0) is 18.9 Å². The van der Waals surface area contributed by atoms with E-state index in [1.165, 1.54) is 12.3 Å². The van der Waals surface area contributed by atoms with Gasteiger partial charge in [0.15, 0.2) is 0 Å². The van der Waals surface area contributed by atoms with Crippen LogP contribution in [0.3, 0.4) is 0 Å². The van der Waals surface area contributed by atoms with Crippen LogP contribution in [0.25, 0.3) is 0 Å². The van der Waals surface area contributed by atoms with Crippen molar-refractivity contribution in [3.05, 3.63) is 23.7 Å². The fourth-order valence-electron chi connectivity index (χ4n) is 1.58. The predicted octanol–water partition coefficient (Wildman–Crippen LogP) is 1.39. The maximum absolute atomic E-state index is 11.5. The van der Waals surface area contributed by atoms with Crippen molar-refractivity contribution < 1.29 is 19.1 Å². The van der Waals surface area contributed by atoms with Gasteiger partial charge in [-0.25, -0.2) is 4.79 Å². The highest BCUT2D eigenvalue weighted by molar-refractivity contribution is 5.84. The van der Waals surface area contributed by atoms with Gasteiger partial charge in [0.2, 0.25) is 11.7 Å². The highest BCUT2D eigenvalue weighted by Crippen LogP contribution is 2.26. The molecule has 0 atom stereocenters. The summed E-state index contributed by atoms with van der Waals surface area (Å²) in [6.07, 6.45) is 4.38. The van der Waals surface area contributed by atoms with E-state index in [9.17, 15) is 9.59 Å². The third kappa shape index (κ3) is 2.24. The Balaban J connectivity index is 1.84. The summed E-state index contributed by atoms with van der Waals surface area (Å²) >= 11 is 0. The first-order valence-corrected chi connectivity index (χ1v) is 5.25. The van der Waals surface area contributed by atoms with E-state index in [1.807, 2.05) is 0 Å². The molecule has 2 N–H and O–H groups in total. The topological polar surface area (TPSA) is 79.5 Å². The Morgan fingerprint density at radius 3 is 2.75 bits per heavy atom. The number of hydrogen-bond acceptors (Lipinski definition) is 3. The molecule has 86 valence electrons. The van der Waals surface area contributed by atoms with Crippen molar-refractivity contribution in [1.29, 1.82) is 0 Å². The van der Waals surface area contributed by atoms with Gasteiger partial charge in [0.05, 0.1) is 6.26 Å². The van der Waals surface area contributed by atoms with Crippen LogP contribution in [-0.4, -0.2) is 17.0 Å². The van der Waals surface area contributed by atoms with Crippen molar-refractivity contribution >= 4 is 11.9 Å². The summed E-state index contributed by atoms with van der Waals surface area (Å²) in [6, 6.07) is 1.42.